The normalized spacial score (nSPS) is 12.5. The Bertz CT molecular complexity index is 878. The number of halogens is 1. The highest BCUT2D eigenvalue weighted by Crippen LogP contribution is 2.24. The molecule has 0 saturated heterocycles. The minimum Gasteiger partial charge on any atom is -0.335 e. The molecule has 0 fully saturated rings. The number of nitrogens with zero attached hydrogens (tertiary/aromatic N) is 2. The first-order valence-corrected chi connectivity index (χ1v) is 10.4. The number of hydrogen-bond acceptors (Lipinski definition) is 4. The summed E-state index contributed by atoms with van der Waals surface area (Å²) in [5.74, 6) is -0.548. The number of nitrogens with one attached hydrogen (secondary N) is 1. The van der Waals surface area contributed by atoms with Crippen LogP contribution in [0.4, 0.5) is 10.1 Å². The molecule has 0 aliphatic heterocycles. The van der Waals surface area contributed by atoms with Gasteiger partial charge in [-0.05, 0) is 62.7 Å². The van der Waals surface area contributed by atoms with E-state index in [4.69, 9.17) is 5.26 Å². The lowest BCUT2D eigenvalue weighted by atomic mass is 10.0. The number of nitriles is 1. The van der Waals surface area contributed by atoms with Gasteiger partial charge in [0.1, 0.15) is 5.82 Å². The molecule has 0 spiro atoms. The van der Waals surface area contributed by atoms with Gasteiger partial charge in [0.05, 0.1) is 28.7 Å². The van der Waals surface area contributed by atoms with Gasteiger partial charge >= 0.3 is 0 Å². The maximum absolute atomic E-state index is 12.9. The van der Waals surface area contributed by atoms with E-state index < -0.39 is 5.25 Å². The van der Waals surface area contributed by atoms with Gasteiger partial charge in [-0.1, -0.05) is 12.1 Å². The summed E-state index contributed by atoms with van der Waals surface area (Å²) in [5, 5.41) is 11.2. The predicted octanol–water partition coefficient (Wildman–Crippen LogP) is 4.37. The van der Waals surface area contributed by atoms with E-state index in [0.717, 1.165) is 5.56 Å². The predicted molar refractivity (Wildman–Crippen MR) is 114 cm³/mol. The summed E-state index contributed by atoms with van der Waals surface area (Å²) in [6.07, 6.45) is 0. The van der Waals surface area contributed by atoms with Crippen LogP contribution in [-0.2, 0) is 9.59 Å². The van der Waals surface area contributed by atoms with Crippen LogP contribution in [0.15, 0.2) is 48.5 Å². The van der Waals surface area contributed by atoms with Crippen LogP contribution in [0.3, 0.4) is 0 Å². The molecule has 2 atom stereocenters. The fourth-order valence-corrected chi connectivity index (χ4v) is 3.62. The van der Waals surface area contributed by atoms with Crippen LogP contribution in [0.5, 0.6) is 0 Å². The largest absolute Gasteiger partial charge is 0.335 e. The second-order valence-corrected chi connectivity index (χ2v) is 7.87. The summed E-state index contributed by atoms with van der Waals surface area (Å²) in [6, 6.07) is 14.7. The SMILES string of the molecule is CCN(C(=O)C(C)SCC(=O)Nc1ccc(F)cc1)C(C)c1ccc(C#N)cc1. The first kappa shape index (κ1) is 22.4. The molecule has 2 amide bonds. The monoisotopic (exact) mass is 413 g/mol. The second kappa shape index (κ2) is 10.6. The maximum atomic E-state index is 12.9. The molecular weight excluding hydrogens is 389 g/mol. The Morgan fingerprint density at radius 1 is 1.14 bits per heavy atom. The molecule has 5 nitrogen and oxygen atoms in total. The molecule has 2 aromatic rings. The number of hydrogen-bond donors (Lipinski definition) is 1. The Balaban J connectivity index is 1.92. The first-order valence-electron chi connectivity index (χ1n) is 9.33. The van der Waals surface area contributed by atoms with Crippen molar-refractivity contribution in [1.82, 2.24) is 4.90 Å². The van der Waals surface area contributed by atoms with Gasteiger partial charge in [0.25, 0.3) is 0 Å². The lowest BCUT2D eigenvalue weighted by Gasteiger charge is -2.30. The summed E-state index contributed by atoms with van der Waals surface area (Å²) in [7, 11) is 0. The third-order valence-electron chi connectivity index (χ3n) is 4.55. The lowest BCUT2D eigenvalue weighted by molar-refractivity contribution is -0.132. The summed E-state index contributed by atoms with van der Waals surface area (Å²) >= 11 is 1.26. The average Bonchev–Trinajstić information content (AvgIpc) is 2.74. The van der Waals surface area contributed by atoms with Gasteiger partial charge in [0, 0.05) is 12.2 Å². The maximum Gasteiger partial charge on any atom is 0.235 e. The number of amides is 2. The molecule has 2 unspecified atom stereocenters. The van der Waals surface area contributed by atoms with Crippen molar-refractivity contribution < 1.29 is 14.0 Å². The van der Waals surface area contributed by atoms with Crippen molar-refractivity contribution in [3.63, 3.8) is 0 Å². The highest BCUT2D eigenvalue weighted by molar-refractivity contribution is 8.01. The molecule has 2 aromatic carbocycles. The van der Waals surface area contributed by atoms with E-state index in [1.165, 1.54) is 36.0 Å². The molecule has 0 aliphatic carbocycles. The van der Waals surface area contributed by atoms with Gasteiger partial charge in [-0.25, -0.2) is 4.39 Å². The van der Waals surface area contributed by atoms with Crippen LogP contribution in [0.25, 0.3) is 0 Å². The molecule has 152 valence electrons. The van der Waals surface area contributed by atoms with Crippen molar-refractivity contribution in [3.05, 3.63) is 65.5 Å². The third kappa shape index (κ3) is 6.33. The Morgan fingerprint density at radius 3 is 2.31 bits per heavy atom. The van der Waals surface area contributed by atoms with Crippen LogP contribution in [-0.4, -0.2) is 34.3 Å². The quantitative estimate of drug-likeness (QED) is 0.698. The third-order valence-corrected chi connectivity index (χ3v) is 5.68. The van der Waals surface area contributed by atoms with E-state index in [-0.39, 0.29) is 29.4 Å². The van der Waals surface area contributed by atoms with Gasteiger partial charge in [0.15, 0.2) is 0 Å². The highest BCUT2D eigenvalue weighted by Gasteiger charge is 2.25. The van der Waals surface area contributed by atoms with Gasteiger partial charge in [-0.15, -0.1) is 11.8 Å². The van der Waals surface area contributed by atoms with Crippen LogP contribution < -0.4 is 5.32 Å². The van der Waals surface area contributed by atoms with Crippen molar-refractivity contribution in [2.24, 2.45) is 0 Å². The smallest absolute Gasteiger partial charge is 0.235 e. The van der Waals surface area contributed by atoms with Crippen molar-refractivity contribution >= 4 is 29.3 Å². The first-order chi connectivity index (χ1) is 13.8. The number of rotatable bonds is 8. The van der Waals surface area contributed by atoms with Gasteiger partial charge in [-0.2, -0.15) is 5.26 Å². The molecule has 2 rings (SSSR count). The Hall–Kier alpha value is -2.85. The average molecular weight is 414 g/mol. The fourth-order valence-electron chi connectivity index (χ4n) is 2.87. The summed E-state index contributed by atoms with van der Waals surface area (Å²) < 4.78 is 12.9. The van der Waals surface area contributed by atoms with Crippen molar-refractivity contribution in [2.75, 3.05) is 17.6 Å². The number of benzene rings is 2. The van der Waals surface area contributed by atoms with E-state index in [1.807, 2.05) is 26.0 Å². The zero-order valence-electron chi connectivity index (χ0n) is 16.7. The molecule has 0 aromatic heterocycles. The molecular formula is C22H24FN3O2S. The molecule has 0 radical (unpaired) electrons. The molecule has 0 bridgehead atoms. The van der Waals surface area contributed by atoms with E-state index in [2.05, 4.69) is 11.4 Å². The van der Waals surface area contributed by atoms with Gasteiger partial charge in [0.2, 0.25) is 11.8 Å². The van der Waals surface area contributed by atoms with E-state index in [9.17, 15) is 14.0 Å². The van der Waals surface area contributed by atoms with E-state index in [1.54, 1.807) is 24.0 Å². The lowest BCUT2D eigenvalue weighted by Crippen LogP contribution is -2.38. The topological polar surface area (TPSA) is 73.2 Å². The van der Waals surface area contributed by atoms with Crippen LogP contribution >= 0.6 is 11.8 Å². The second-order valence-electron chi connectivity index (χ2n) is 6.54. The van der Waals surface area contributed by atoms with E-state index >= 15 is 0 Å². The van der Waals surface area contributed by atoms with Gasteiger partial charge < -0.3 is 10.2 Å². The molecule has 29 heavy (non-hydrogen) atoms. The van der Waals surface area contributed by atoms with Crippen molar-refractivity contribution in [1.29, 1.82) is 5.26 Å². The number of carbonyl (C=O) groups excluding carboxylic acids is 2. The minimum atomic E-state index is -0.394. The fraction of sp³-hybridized carbons (Fsp3) is 0.318. The Labute approximate surface area is 174 Å². The van der Waals surface area contributed by atoms with E-state index in [0.29, 0.717) is 17.8 Å². The van der Waals surface area contributed by atoms with Crippen molar-refractivity contribution in [3.8, 4) is 6.07 Å². The number of carbonyl (C=O) groups is 2. The summed E-state index contributed by atoms with van der Waals surface area (Å²) in [6.45, 7) is 6.18. The number of thioether (sulfide) groups is 1. The van der Waals surface area contributed by atoms with Crippen LogP contribution in [0.1, 0.15) is 37.9 Å². The molecule has 0 saturated carbocycles. The minimum absolute atomic E-state index is 0.0519. The van der Waals surface area contributed by atoms with Crippen LogP contribution in [0.2, 0.25) is 0 Å². The Kier molecular flexibility index (Phi) is 8.22. The highest BCUT2D eigenvalue weighted by atomic mass is 32.2. The van der Waals surface area contributed by atoms with Crippen LogP contribution in [0, 0.1) is 17.1 Å². The summed E-state index contributed by atoms with van der Waals surface area (Å²) in [4.78, 5) is 26.8. The molecule has 0 aliphatic rings. The number of anilines is 1. The van der Waals surface area contributed by atoms with Crippen molar-refractivity contribution in [2.45, 2.75) is 32.1 Å². The molecule has 0 heterocycles. The zero-order chi connectivity index (χ0) is 21.4. The van der Waals surface area contributed by atoms with Gasteiger partial charge in [-0.3, -0.25) is 9.59 Å². The Morgan fingerprint density at radius 2 is 1.76 bits per heavy atom. The molecule has 7 heteroatoms. The molecule has 1 N–H and O–H groups in total. The summed E-state index contributed by atoms with van der Waals surface area (Å²) in [5.41, 5.74) is 2.04. The standard InChI is InChI=1S/C22H24FN3O2S/c1-4-26(15(2)18-7-5-17(13-24)6-8-18)22(28)16(3)29-14-21(27)25-20-11-9-19(23)10-12-20/h5-12,15-16H,4,14H2,1-3H3,(H,25,27). The zero-order valence-corrected chi connectivity index (χ0v) is 17.5.